The number of nitrogens with one attached hydrogen (secondary N) is 1. The number of benzene rings is 1. The van der Waals surface area contributed by atoms with Crippen LogP contribution in [0.15, 0.2) is 18.2 Å². The molecule has 92 valence electrons. The maximum Gasteiger partial charge on any atom is 0.147 e. The number of amidine groups is 1. The van der Waals surface area contributed by atoms with Crippen LogP contribution in [0, 0.1) is 11.2 Å². The van der Waals surface area contributed by atoms with Crippen molar-refractivity contribution in [3.05, 3.63) is 29.6 Å². The van der Waals surface area contributed by atoms with Gasteiger partial charge in [-0.1, -0.05) is 0 Å². The van der Waals surface area contributed by atoms with Crippen LogP contribution in [0.3, 0.4) is 0 Å². The van der Waals surface area contributed by atoms with E-state index in [1.165, 1.54) is 6.07 Å². The van der Waals surface area contributed by atoms with Crippen LogP contribution < -0.4 is 10.6 Å². The predicted molar refractivity (Wildman–Crippen MR) is 65.0 cm³/mol. The molecule has 1 unspecified atom stereocenters. The number of ether oxygens (including phenoxy) is 1. The first-order chi connectivity index (χ1) is 8.11. The van der Waals surface area contributed by atoms with Crippen LogP contribution in [0.2, 0.25) is 0 Å². The van der Waals surface area contributed by atoms with Crippen molar-refractivity contribution in [2.24, 2.45) is 5.73 Å². The molecule has 1 aromatic carbocycles. The van der Waals surface area contributed by atoms with Crippen molar-refractivity contribution in [2.75, 3.05) is 25.1 Å². The Morgan fingerprint density at radius 1 is 1.59 bits per heavy atom. The molecule has 0 aliphatic carbocycles. The Labute approximate surface area is 99.7 Å². The molecule has 1 aliphatic rings. The van der Waals surface area contributed by atoms with Gasteiger partial charge in [0.1, 0.15) is 11.7 Å². The van der Waals surface area contributed by atoms with Crippen LogP contribution in [-0.4, -0.2) is 32.1 Å². The summed E-state index contributed by atoms with van der Waals surface area (Å²) in [6.45, 7) is 1.49. The topological polar surface area (TPSA) is 62.3 Å². The number of nitrogen functional groups attached to an aromatic ring is 1. The zero-order chi connectivity index (χ0) is 12.4. The number of hydrogen-bond donors (Lipinski definition) is 2. The molecule has 1 heterocycles. The number of rotatable bonds is 3. The summed E-state index contributed by atoms with van der Waals surface area (Å²) in [6.07, 6.45) is 1.08. The highest BCUT2D eigenvalue weighted by atomic mass is 19.1. The third-order valence-electron chi connectivity index (χ3n) is 3.08. The minimum Gasteiger partial charge on any atom is -0.384 e. The fraction of sp³-hybridized carbons (Fsp3) is 0.417. The first-order valence-electron chi connectivity index (χ1n) is 5.53. The Morgan fingerprint density at radius 2 is 2.35 bits per heavy atom. The van der Waals surface area contributed by atoms with Crippen LogP contribution in [0.5, 0.6) is 0 Å². The van der Waals surface area contributed by atoms with Crippen molar-refractivity contribution in [1.29, 1.82) is 5.41 Å². The molecular weight excluding hydrogens is 221 g/mol. The third kappa shape index (κ3) is 2.39. The lowest BCUT2D eigenvalue weighted by atomic mass is 10.1. The van der Waals surface area contributed by atoms with Crippen LogP contribution in [0.1, 0.15) is 12.0 Å². The molecule has 1 aliphatic heterocycles. The fourth-order valence-corrected chi connectivity index (χ4v) is 2.07. The minimum absolute atomic E-state index is 0.119. The summed E-state index contributed by atoms with van der Waals surface area (Å²) in [4.78, 5) is 1.95. The second kappa shape index (κ2) is 4.71. The lowest BCUT2D eigenvalue weighted by molar-refractivity contribution is 0.121. The summed E-state index contributed by atoms with van der Waals surface area (Å²) >= 11 is 0. The Balaban J connectivity index is 2.20. The van der Waals surface area contributed by atoms with E-state index in [-0.39, 0.29) is 17.8 Å². The van der Waals surface area contributed by atoms with E-state index in [4.69, 9.17) is 15.9 Å². The molecule has 3 N–H and O–H groups in total. The largest absolute Gasteiger partial charge is 0.384 e. The lowest BCUT2D eigenvalue weighted by Crippen LogP contribution is -2.23. The van der Waals surface area contributed by atoms with E-state index >= 15 is 0 Å². The second-order valence-corrected chi connectivity index (χ2v) is 4.17. The number of hydrogen-bond acceptors (Lipinski definition) is 3. The van der Waals surface area contributed by atoms with E-state index in [9.17, 15) is 4.39 Å². The molecule has 5 heteroatoms. The van der Waals surface area contributed by atoms with E-state index < -0.39 is 0 Å². The highest BCUT2D eigenvalue weighted by Crippen LogP contribution is 2.25. The first kappa shape index (κ1) is 11.9. The van der Waals surface area contributed by atoms with Crippen molar-refractivity contribution in [1.82, 2.24) is 0 Å². The monoisotopic (exact) mass is 237 g/mol. The fourth-order valence-electron chi connectivity index (χ4n) is 2.07. The minimum atomic E-state index is -0.338. The van der Waals surface area contributed by atoms with Gasteiger partial charge in [-0.3, -0.25) is 5.41 Å². The average Bonchev–Trinajstić information content (AvgIpc) is 2.77. The first-order valence-corrected chi connectivity index (χ1v) is 5.53. The predicted octanol–water partition coefficient (Wildman–Crippen LogP) is 1.33. The number of methoxy groups -OCH3 is 1. The summed E-state index contributed by atoms with van der Waals surface area (Å²) in [5.74, 6) is -0.457. The van der Waals surface area contributed by atoms with Gasteiger partial charge in [-0.15, -0.1) is 0 Å². The summed E-state index contributed by atoms with van der Waals surface area (Å²) in [5.41, 5.74) is 6.27. The molecule has 0 saturated carbocycles. The van der Waals surface area contributed by atoms with E-state index in [0.717, 1.165) is 13.0 Å². The third-order valence-corrected chi connectivity index (χ3v) is 3.08. The second-order valence-electron chi connectivity index (χ2n) is 4.17. The van der Waals surface area contributed by atoms with Crippen LogP contribution >= 0.6 is 0 Å². The molecule has 0 amide bonds. The van der Waals surface area contributed by atoms with Gasteiger partial charge in [0.05, 0.1) is 11.8 Å². The molecule has 1 fully saturated rings. The van der Waals surface area contributed by atoms with Gasteiger partial charge in [0.2, 0.25) is 0 Å². The van der Waals surface area contributed by atoms with Gasteiger partial charge < -0.3 is 15.4 Å². The van der Waals surface area contributed by atoms with Crippen molar-refractivity contribution in [3.8, 4) is 0 Å². The maximum atomic E-state index is 13.9. The Morgan fingerprint density at radius 3 is 2.88 bits per heavy atom. The van der Waals surface area contributed by atoms with Gasteiger partial charge in [0.15, 0.2) is 0 Å². The summed E-state index contributed by atoms with van der Waals surface area (Å²) in [7, 11) is 1.67. The molecular formula is C12H16FN3O. The number of nitrogens with zero attached hydrogens (tertiary/aromatic N) is 1. The van der Waals surface area contributed by atoms with E-state index in [1.807, 2.05) is 4.90 Å². The van der Waals surface area contributed by atoms with Crippen LogP contribution in [0.4, 0.5) is 10.1 Å². The number of nitrogens with two attached hydrogens (primary N) is 1. The van der Waals surface area contributed by atoms with Crippen LogP contribution in [0.25, 0.3) is 0 Å². The SMILES string of the molecule is COC1CCN(c2ccc(C(=N)N)cc2F)C1. The summed E-state index contributed by atoms with van der Waals surface area (Å²) in [6, 6.07) is 4.64. The summed E-state index contributed by atoms with van der Waals surface area (Å²) in [5, 5.41) is 7.25. The van der Waals surface area contributed by atoms with Crippen molar-refractivity contribution in [2.45, 2.75) is 12.5 Å². The van der Waals surface area contributed by atoms with E-state index in [2.05, 4.69) is 0 Å². The smallest absolute Gasteiger partial charge is 0.147 e. The molecule has 0 bridgehead atoms. The van der Waals surface area contributed by atoms with Crippen molar-refractivity contribution in [3.63, 3.8) is 0 Å². The van der Waals surface area contributed by atoms with Gasteiger partial charge in [0.25, 0.3) is 0 Å². The molecule has 1 saturated heterocycles. The molecule has 0 aromatic heterocycles. The molecule has 2 rings (SSSR count). The zero-order valence-electron chi connectivity index (χ0n) is 9.74. The molecule has 4 nitrogen and oxygen atoms in total. The number of anilines is 1. The van der Waals surface area contributed by atoms with Gasteiger partial charge in [-0.2, -0.15) is 0 Å². The van der Waals surface area contributed by atoms with Crippen molar-refractivity contribution >= 4 is 11.5 Å². The molecule has 1 aromatic rings. The lowest BCUT2D eigenvalue weighted by Gasteiger charge is -2.19. The van der Waals surface area contributed by atoms with E-state index in [0.29, 0.717) is 17.8 Å². The number of halogens is 1. The maximum absolute atomic E-state index is 13.9. The Hall–Kier alpha value is -1.62. The highest BCUT2D eigenvalue weighted by molar-refractivity contribution is 5.95. The van der Waals surface area contributed by atoms with Gasteiger partial charge in [0, 0.05) is 25.8 Å². The Kier molecular flexibility index (Phi) is 3.28. The van der Waals surface area contributed by atoms with Crippen molar-refractivity contribution < 1.29 is 9.13 Å². The summed E-state index contributed by atoms with van der Waals surface area (Å²) < 4.78 is 19.1. The molecule has 1 atom stereocenters. The Bertz CT molecular complexity index is 436. The average molecular weight is 237 g/mol. The van der Waals surface area contributed by atoms with E-state index in [1.54, 1.807) is 19.2 Å². The quantitative estimate of drug-likeness (QED) is 0.616. The molecule has 0 spiro atoms. The highest BCUT2D eigenvalue weighted by Gasteiger charge is 2.24. The molecule has 17 heavy (non-hydrogen) atoms. The molecule has 0 radical (unpaired) electrons. The van der Waals surface area contributed by atoms with Gasteiger partial charge >= 0.3 is 0 Å². The zero-order valence-corrected chi connectivity index (χ0v) is 9.74. The standard InChI is InChI=1S/C12H16FN3O/c1-17-9-4-5-16(7-9)11-3-2-8(12(14)15)6-10(11)13/h2-3,6,9H,4-5,7H2,1H3,(H3,14,15). The van der Waals surface area contributed by atoms with Gasteiger partial charge in [-0.05, 0) is 24.6 Å². The van der Waals surface area contributed by atoms with Gasteiger partial charge in [-0.25, -0.2) is 4.39 Å². The van der Waals surface area contributed by atoms with Crippen LogP contribution in [-0.2, 0) is 4.74 Å². The normalized spacial score (nSPS) is 19.6.